The number of hydrogen-bond acceptors (Lipinski definition) is 7. The molecular formula is C26H32FN7S. The molecule has 3 aromatic heterocycles. The minimum absolute atomic E-state index is 0.179. The summed E-state index contributed by atoms with van der Waals surface area (Å²) in [5.74, 6) is 0.995. The molecule has 2 unspecified atom stereocenters. The Morgan fingerprint density at radius 3 is 2.74 bits per heavy atom. The summed E-state index contributed by atoms with van der Waals surface area (Å²) in [6.07, 6.45) is 11.0. The van der Waals surface area contributed by atoms with Crippen LogP contribution in [-0.2, 0) is 6.42 Å². The van der Waals surface area contributed by atoms with Crippen molar-refractivity contribution in [3.63, 3.8) is 0 Å². The largest absolute Gasteiger partial charge is 0.383 e. The second-order valence-electron chi connectivity index (χ2n) is 9.26. The molecule has 0 bridgehead atoms. The molecule has 1 aliphatic rings. The number of nitrogens with one attached hydrogen (secondary N) is 2. The molecule has 1 aliphatic carbocycles. The van der Waals surface area contributed by atoms with Gasteiger partial charge >= 0.3 is 0 Å². The predicted molar refractivity (Wildman–Crippen MR) is 140 cm³/mol. The van der Waals surface area contributed by atoms with E-state index in [0.717, 1.165) is 79.0 Å². The number of nitrogens with zero attached hydrogens (tertiary/aromatic N) is 4. The maximum Gasteiger partial charge on any atom is 0.146 e. The summed E-state index contributed by atoms with van der Waals surface area (Å²) in [6, 6.07) is 7.17. The molecule has 5 rings (SSSR count). The molecule has 4 aromatic rings. The normalized spacial score (nSPS) is 18.0. The molecule has 0 radical (unpaired) electrons. The zero-order valence-electron chi connectivity index (χ0n) is 19.8. The maximum absolute atomic E-state index is 13.0. The third-order valence-electron chi connectivity index (χ3n) is 6.85. The van der Waals surface area contributed by atoms with Gasteiger partial charge in [-0.05, 0) is 81.9 Å². The predicted octanol–water partition coefficient (Wildman–Crippen LogP) is 4.43. The SMILES string of the molecule is Nc1ncnc2c1c(-c1nccs1)cn2C1CCC(CNCCCNCCc2ccc(F)cc2)C1. The lowest BCUT2D eigenvalue weighted by molar-refractivity contribution is 0.452. The number of nitrogens with two attached hydrogens (primary N) is 1. The van der Waals surface area contributed by atoms with Crippen molar-refractivity contribution in [2.24, 2.45) is 5.92 Å². The van der Waals surface area contributed by atoms with E-state index in [4.69, 9.17) is 5.73 Å². The number of rotatable bonds is 11. The molecule has 1 aromatic carbocycles. The first-order valence-electron chi connectivity index (χ1n) is 12.4. The Hall–Kier alpha value is -2.88. The minimum atomic E-state index is -0.179. The zero-order valence-corrected chi connectivity index (χ0v) is 20.6. The number of halogens is 1. The van der Waals surface area contributed by atoms with Crippen molar-refractivity contribution in [1.82, 2.24) is 30.2 Å². The monoisotopic (exact) mass is 493 g/mol. The highest BCUT2D eigenvalue weighted by Crippen LogP contribution is 2.40. The van der Waals surface area contributed by atoms with Crippen LogP contribution in [0.5, 0.6) is 0 Å². The van der Waals surface area contributed by atoms with Crippen LogP contribution < -0.4 is 16.4 Å². The van der Waals surface area contributed by atoms with Gasteiger partial charge in [0.05, 0.1) is 5.39 Å². The van der Waals surface area contributed by atoms with Gasteiger partial charge in [-0.1, -0.05) is 12.1 Å². The van der Waals surface area contributed by atoms with E-state index in [-0.39, 0.29) is 5.82 Å². The Balaban J connectivity index is 1.07. The molecule has 0 spiro atoms. The van der Waals surface area contributed by atoms with E-state index >= 15 is 0 Å². The standard InChI is InChI=1S/C26H32FN7S/c27-20-5-2-18(3-6-20)8-11-29-9-1-10-30-15-19-4-7-21(14-19)34-16-22(26-31-12-13-35-26)23-24(28)32-17-33-25(23)34/h2-3,5-6,12-13,16-17,19,21,29-30H,1,4,7-11,14-15H2,(H2,28,32,33). The van der Waals surface area contributed by atoms with Crippen LogP contribution >= 0.6 is 11.3 Å². The van der Waals surface area contributed by atoms with Gasteiger partial charge in [0.25, 0.3) is 0 Å². The molecule has 1 fully saturated rings. The van der Waals surface area contributed by atoms with Crippen molar-refractivity contribution < 1.29 is 4.39 Å². The van der Waals surface area contributed by atoms with E-state index in [1.165, 1.54) is 18.6 Å². The first-order chi connectivity index (χ1) is 17.2. The molecule has 184 valence electrons. The summed E-state index contributed by atoms with van der Waals surface area (Å²) in [4.78, 5) is 13.3. The summed E-state index contributed by atoms with van der Waals surface area (Å²) >= 11 is 1.61. The fourth-order valence-corrected chi connectivity index (χ4v) is 5.70. The van der Waals surface area contributed by atoms with E-state index in [0.29, 0.717) is 17.8 Å². The van der Waals surface area contributed by atoms with Gasteiger partial charge in [-0.3, -0.25) is 0 Å². The number of benzene rings is 1. The molecule has 7 nitrogen and oxygen atoms in total. The zero-order chi connectivity index (χ0) is 24.0. The van der Waals surface area contributed by atoms with E-state index in [2.05, 4.69) is 36.3 Å². The van der Waals surface area contributed by atoms with Gasteiger partial charge < -0.3 is 20.9 Å². The van der Waals surface area contributed by atoms with E-state index < -0.39 is 0 Å². The van der Waals surface area contributed by atoms with Gasteiger partial charge in [-0.25, -0.2) is 19.3 Å². The van der Waals surface area contributed by atoms with E-state index in [9.17, 15) is 4.39 Å². The second kappa shape index (κ2) is 11.2. The van der Waals surface area contributed by atoms with Crippen molar-refractivity contribution >= 4 is 28.2 Å². The van der Waals surface area contributed by atoms with Gasteiger partial charge in [-0.15, -0.1) is 11.3 Å². The number of nitrogen functional groups attached to an aromatic ring is 1. The quantitative estimate of drug-likeness (QED) is 0.268. The van der Waals surface area contributed by atoms with Crippen LogP contribution in [0.25, 0.3) is 21.6 Å². The van der Waals surface area contributed by atoms with Gasteiger partial charge in [0.1, 0.15) is 28.6 Å². The average molecular weight is 494 g/mol. The van der Waals surface area contributed by atoms with Crippen LogP contribution in [-0.4, -0.2) is 45.7 Å². The molecule has 0 amide bonds. The van der Waals surface area contributed by atoms with Crippen LogP contribution in [0.15, 0.2) is 48.4 Å². The van der Waals surface area contributed by atoms with Crippen LogP contribution in [0, 0.1) is 11.7 Å². The molecular weight excluding hydrogens is 461 g/mol. The Morgan fingerprint density at radius 1 is 1.06 bits per heavy atom. The van der Waals surface area contributed by atoms with Crippen molar-refractivity contribution in [1.29, 1.82) is 0 Å². The maximum atomic E-state index is 13.0. The van der Waals surface area contributed by atoms with Crippen molar-refractivity contribution in [3.05, 3.63) is 59.7 Å². The fourth-order valence-electron chi connectivity index (χ4n) is 5.05. The molecule has 35 heavy (non-hydrogen) atoms. The first-order valence-corrected chi connectivity index (χ1v) is 13.2. The number of aromatic nitrogens is 4. The van der Waals surface area contributed by atoms with Crippen molar-refractivity contribution in [3.8, 4) is 10.6 Å². The summed E-state index contributed by atoms with van der Waals surface area (Å²) < 4.78 is 15.3. The van der Waals surface area contributed by atoms with Gasteiger partial charge in [-0.2, -0.15) is 0 Å². The molecule has 4 N–H and O–H groups in total. The number of anilines is 1. The van der Waals surface area contributed by atoms with Gasteiger partial charge in [0, 0.05) is 29.4 Å². The topological polar surface area (TPSA) is 93.7 Å². The molecule has 2 atom stereocenters. The molecule has 0 saturated heterocycles. The lowest BCUT2D eigenvalue weighted by atomic mass is 10.1. The Morgan fingerprint density at radius 2 is 1.91 bits per heavy atom. The molecule has 3 heterocycles. The highest BCUT2D eigenvalue weighted by Gasteiger charge is 2.28. The summed E-state index contributed by atoms with van der Waals surface area (Å²) in [6.45, 7) is 3.95. The third kappa shape index (κ3) is 5.69. The van der Waals surface area contributed by atoms with Crippen LogP contribution in [0.3, 0.4) is 0 Å². The number of thiazole rings is 1. The van der Waals surface area contributed by atoms with Crippen LogP contribution in [0.2, 0.25) is 0 Å². The molecule has 0 aliphatic heterocycles. The second-order valence-corrected chi connectivity index (χ2v) is 10.2. The minimum Gasteiger partial charge on any atom is -0.383 e. The summed E-state index contributed by atoms with van der Waals surface area (Å²) in [7, 11) is 0. The number of hydrogen-bond donors (Lipinski definition) is 3. The Kier molecular flexibility index (Phi) is 7.66. The molecule has 1 saturated carbocycles. The third-order valence-corrected chi connectivity index (χ3v) is 7.66. The van der Waals surface area contributed by atoms with Crippen molar-refractivity contribution in [2.75, 3.05) is 31.9 Å². The lowest BCUT2D eigenvalue weighted by Gasteiger charge is -2.15. The lowest BCUT2D eigenvalue weighted by Crippen LogP contribution is -2.26. The summed E-state index contributed by atoms with van der Waals surface area (Å²) in [5.41, 5.74) is 9.35. The Labute approximate surface area is 209 Å². The summed E-state index contributed by atoms with van der Waals surface area (Å²) in [5, 5.41) is 11.0. The first kappa shape index (κ1) is 23.8. The van der Waals surface area contributed by atoms with E-state index in [1.54, 1.807) is 17.7 Å². The smallest absolute Gasteiger partial charge is 0.146 e. The highest BCUT2D eigenvalue weighted by atomic mass is 32.1. The van der Waals surface area contributed by atoms with E-state index in [1.807, 2.05) is 23.7 Å². The number of fused-ring (bicyclic) bond motifs is 1. The fraction of sp³-hybridized carbons (Fsp3) is 0.423. The average Bonchev–Trinajstić information content (AvgIpc) is 3.62. The van der Waals surface area contributed by atoms with Gasteiger partial charge in [0.15, 0.2) is 0 Å². The molecule has 9 heteroatoms. The van der Waals surface area contributed by atoms with Crippen LogP contribution in [0.1, 0.15) is 37.3 Å². The van der Waals surface area contributed by atoms with Gasteiger partial charge in [0.2, 0.25) is 0 Å². The van der Waals surface area contributed by atoms with Crippen LogP contribution in [0.4, 0.5) is 10.2 Å². The highest BCUT2D eigenvalue weighted by molar-refractivity contribution is 7.13. The van der Waals surface area contributed by atoms with Crippen molar-refractivity contribution in [2.45, 2.75) is 38.1 Å². The Bertz CT molecular complexity index is 1220.